The number of hydrogen-bond donors (Lipinski definition) is 1. The predicted molar refractivity (Wildman–Crippen MR) is 116 cm³/mol. The van der Waals surface area contributed by atoms with Crippen LogP contribution in [0.5, 0.6) is 0 Å². The zero-order valence-corrected chi connectivity index (χ0v) is 16.8. The van der Waals surface area contributed by atoms with Crippen LogP contribution in [0.1, 0.15) is 5.56 Å². The molecule has 0 atom stereocenters. The number of H-pyrrole nitrogens is 1. The van der Waals surface area contributed by atoms with Gasteiger partial charge in [0.05, 0.1) is 27.0 Å². The lowest BCUT2D eigenvalue weighted by Crippen LogP contribution is -2.03. The largest absolute Gasteiger partial charge is 0.350 e. The summed E-state index contributed by atoms with van der Waals surface area (Å²) in [5.41, 5.74) is 5.45. The molecule has 0 amide bonds. The van der Waals surface area contributed by atoms with Crippen LogP contribution in [0, 0.1) is 6.92 Å². The minimum absolute atomic E-state index is 0.149. The normalized spacial score (nSPS) is 12.4. The fourth-order valence-electron chi connectivity index (χ4n) is 3.95. The van der Waals surface area contributed by atoms with Gasteiger partial charge >= 0.3 is 0 Å². The maximum absolute atomic E-state index is 13.7. The van der Waals surface area contributed by atoms with Crippen LogP contribution in [0.2, 0.25) is 0 Å². The molecule has 0 spiro atoms. The van der Waals surface area contributed by atoms with Crippen molar-refractivity contribution in [2.24, 2.45) is 0 Å². The summed E-state index contributed by atoms with van der Waals surface area (Å²) in [4.78, 5) is 13.2. The molecule has 0 fully saturated rings. The summed E-state index contributed by atoms with van der Waals surface area (Å²) in [6, 6.07) is 22.1. The quantitative estimate of drug-likeness (QED) is 0.449. The smallest absolute Gasteiger partial charge is 0.212 e. The van der Waals surface area contributed by atoms with Gasteiger partial charge in [-0.2, -0.15) is 0 Å². The zero-order valence-electron chi connectivity index (χ0n) is 16.0. The van der Waals surface area contributed by atoms with E-state index in [1.54, 1.807) is 24.3 Å². The second-order valence-corrected chi connectivity index (χ2v) is 9.24. The van der Waals surface area contributed by atoms with Crippen molar-refractivity contribution in [3.63, 3.8) is 0 Å². The molecule has 0 aliphatic heterocycles. The van der Waals surface area contributed by atoms with Gasteiger partial charge in [0.1, 0.15) is 10.4 Å². The lowest BCUT2D eigenvalue weighted by molar-refractivity contribution is 0.597. The molecule has 0 aliphatic rings. The number of aromatic nitrogens is 4. The Morgan fingerprint density at radius 2 is 1.47 bits per heavy atom. The van der Waals surface area contributed by atoms with Gasteiger partial charge < -0.3 is 4.98 Å². The Kier molecular flexibility index (Phi) is 3.38. The first-order valence-electron chi connectivity index (χ1n) is 9.53. The van der Waals surface area contributed by atoms with Crippen LogP contribution in [-0.4, -0.2) is 27.8 Å². The van der Waals surface area contributed by atoms with E-state index in [2.05, 4.69) is 9.97 Å². The summed E-state index contributed by atoms with van der Waals surface area (Å²) in [6.07, 6.45) is 0. The fraction of sp³-hybridized carbons (Fsp3) is 0.0435. The lowest BCUT2D eigenvalue weighted by Gasteiger charge is -2.05. The SMILES string of the molecule is Cc1ccc(S(=O)(=O)c2c3[nH]c4ccccc4nc3n3c2nc2ccccc23)cc1. The van der Waals surface area contributed by atoms with Gasteiger partial charge in [-0.25, -0.2) is 18.4 Å². The van der Waals surface area contributed by atoms with Crippen molar-refractivity contribution in [3.8, 4) is 0 Å². The summed E-state index contributed by atoms with van der Waals surface area (Å²) in [7, 11) is -3.84. The fourth-order valence-corrected chi connectivity index (χ4v) is 5.47. The van der Waals surface area contributed by atoms with E-state index >= 15 is 0 Å². The average molecular weight is 412 g/mol. The van der Waals surface area contributed by atoms with E-state index < -0.39 is 9.84 Å². The van der Waals surface area contributed by atoms with E-state index in [1.807, 2.05) is 59.9 Å². The number of fused-ring (bicyclic) bond motifs is 6. The number of para-hydroxylation sites is 4. The molecule has 0 unspecified atom stereocenters. The first-order chi connectivity index (χ1) is 14.5. The molecule has 0 radical (unpaired) electrons. The van der Waals surface area contributed by atoms with Gasteiger partial charge in [0.25, 0.3) is 0 Å². The molecule has 1 N–H and O–H groups in total. The first kappa shape index (κ1) is 17.2. The Labute approximate surface area is 171 Å². The van der Waals surface area contributed by atoms with E-state index in [-0.39, 0.29) is 9.79 Å². The molecule has 30 heavy (non-hydrogen) atoms. The summed E-state index contributed by atoms with van der Waals surface area (Å²) in [5, 5.41) is 0. The molecule has 0 saturated heterocycles. The monoisotopic (exact) mass is 412 g/mol. The first-order valence-corrected chi connectivity index (χ1v) is 11.0. The van der Waals surface area contributed by atoms with Crippen LogP contribution in [-0.2, 0) is 9.84 Å². The van der Waals surface area contributed by atoms with Crippen LogP contribution in [0.3, 0.4) is 0 Å². The summed E-state index contributed by atoms with van der Waals surface area (Å²) in [5.74, 6) is 0. The Hall–Kier alpha value is -3.71. The third-order valence-corrected chi connectivity index (χ3v) is 7.23. The highest BCUT2D eigenvalue weighted by Crippen LogP contribution is 2.35. The Bertz CT molecular complexity index is 1710. The van der Waals surface area contributed by atoms with Crippen LogP contribution < -0.4 is 0 Å². The molecule has 0 saturated carbocycles. The number of imidazole rings is 1. The molecular formula is C23H16N4O2S. The number of nitrogens with one attached hydrogen (secondary N) is 1. The Morgan fingerprint density at radius 1 is 0.800 bits per heavy atom. The molecule has 6 nitrogen and oxygen atoms in total. The van der Waals surface area contributed by atoms with Crippen molar-refractivity contribution >= 4 is 48.7 Å². The maximum Gasteiger partial charge on any atom is 0.212 e. The molecule has 3 aromatic heterocycles. The van der Waals surface area contributed by atoms with Crippen LogP contribution >= 0.6 is 0 Å². The summed E-state index contributed by atoms with van der Waals surface area (Å²) >= 11 is 0. The second-order valence-electron chi connectivity index (χ2n) is 7.36. The van der Waals surface area contributed by atoms with Crippen molar-refractivity contribution < 1.29 is 8.42 Å². The number of aromatic amines is 1. The van der Waals surface area contributed by atoms with Gasteiger partial charge in [-0.3, -0.25) is 4.40 Å². The minimum Gasteiger partial charge on any atom is -0.350 e. The number of aryl methyl sites for hydroxylation is 1. The van der Waals surface area contributed by atoms with E-state index in [1.165, 1.54) is 0 Å². The van der Waals surface area contributed by atoms with Gasteiger partial charge in [0.2, 0.25) is 9.84 Å². The highest BCUT2D eigenvalue weighted by molar-refractivity contribution is 7.92. The predicted octanol–water partition coefficient (Wildman–Crippen LogP) is 4.66. The van der Waals surface area contributed by atoms with Gasteiger partial charge in [-0.05, 0) is 43.3 Å². The van der Waals surface area contributed by atoms with Crippen molar-refractivity contribution in [3.05, 3.63) is 78.4 Å². The summed E-state index contributed by atoms with van der Waals surface area (Å²) in [6.45, 7) is 1.93. The topological polar surface area (TPSA) is 80.1 Å². The number of hydrogen-bond acceptors (Lipinski definition) is 4. The van der Waals surface area contributed by atoms with E-state index in [4.69, 9.17) is 4.98 Å². The molecule has 146 valence electrons. The van der Waals surface area contributed by atoms with Crippen LogP contribution in [0.15, 0.2) is 82.6 Å². The molecule has 0 bridgehead atoms. The van der Waals surface area contributed by atoms with E-state index in [9.17, 15) is 8.42 Å². The van der Waals surface area contributed by atoms with Gasteiger partial charge in [-0.1, -0.05) is 42.0 Å². The second kappa shape index (κ2) is 5.90. The molecular weight excluding hydrogens is 396 g/mol. The average Bonchev–Trinajstić information content (AvgIpc) is 3.26. The van der Waals surface area contributed by atoms with Crippen molar-refractivity contribution in [2.75, 3.05) is 0 Å². The van der Waals surface area contributed by atoms with Crippen LogP contribution in [0.4, 0.5) is 0 Å². The lowest BCUT2D eigenvalue weighted by atomic mass is 10.2. The van der Waals surface area contributed by atoms with E-state index in [0.29, 0.717) is 16.8 Å². The molecule has 3 aromatic carbocycles. The van der Waals surface area contributed by atoms with Gasteiger partial charge in [0.15, 0.2) is 11.3 Å². The molecule has 0 aliphatic carbocycles. The minimum atomic E-state index is -3.84. The van der Waals surface area contributed by atoms with E-state index in [0.717, 1.165) is 27.6 Å². The number of sulfone groups is 1. The number of benzene rings is 3. The van der Waals surface area contributed by atoms with Crippen LogP contribution in [0.25, 0.3) is 38.9 Å². The maximum atomic E-state index is 13.7. The zero-order chi connectivity index (χ0) is 20.5. The third kappa shape index (κ3) is 2.26. The van der Waals surface area contributed by atoms with Crippen molar-refractivity contribution in [1.29, 1.82) is 0 Å². The Balaban J connectivity index is 1.83. The Morgan fingerprint density at radius 3 is 2.27 bits per heavy atom. The summed E-state index contributed by atoms with van der Waals surface area (Å²) < 4.78 is 29.3. The van der Waals surface area contributed by atoms with Crippen molar-refractivity contribution in [1.82, 2.24) is 19.4 Å². The molecule has 7 heteroatoms. The number of nitrogens with zero attached hydrogens (tertiary/aromatic N) is 3. The van der Waals surface area contributed by atoms with Gasteiger partial charge in [0, 0.05) is 0 Å². The standard InChI is InChI=1S/C23H16N4O2S/c1-14-10-12-15(13-11-14)30(28,29)21-20-22(25-17-7-3-2-6-16(17)24-20)27-19-9-5-4-8-18(19)26-23(21)27/h2-13,24H,1H3. The highest BCUT2D eigenvalue weighted by atomic mass is 32.2. The number of rotatable bonds is 2. The molecule has 3 heterocycles. The van der Waals surface area contributed by atoms with Crippen molar-refractivity contribution in [2.45, 2.75) is 16.7 Å². The molecule has 6 rings (SSSR count). The highest BCUT2D eigenvalue weighted by Gasteiger charge is 2.30. The van der Waals surface area contributed by atoms with Gasteiger partial charge in [-0.15, -0.1) is 0 Å². The molecule has 6 aromatic rings. The third-order valence-electron chi connectivity index (χ3n) is 5.42.